The van der Waals surface area contributed by atoms with Gasteiger partial charge >= 0.3 is 0 Å². The zero-order valence-corrected chi connectivity index (χ0v) is 11.9. The lowest BCUT2D eigenvalue weighted by Crippen LogP contribution is -2.25. The second kappa shape index (κ2) is 5.94. The van der Waals surface area contributed by atoms with Crippen LogP contribution in [0.1, 0.15) is 51.1 Å². The fourth-order valence-corrected chi connectivity index (χ4v) is 2.83. The first-order valence-corrected chi connectivity index (χ1v) is 7.15. The highest BCUT2D eigenvalue weighted by molar-refractivity contribution is 6.30. The molecule has 0 aromatic heterocycles. The molecule has 1 aliphatic carbocycles. The Morgan fingerprint density at radius 3 is 2.83 bits per heavy atom. The minimum Gasteiger partial charge on any atom is -0.490 e. The lowest BCUT2D eigenvalue weighted by molar-refractivity contribution is 0.127. The quantitative estimate of drug-likeness (QED) is 0.885. The smallest absolute Gasteiger partial charge is 0.124 e. The number of rotatable bonds is 3. The second-order valence-corrected chi connectivity index (χ2v) is 5.92. The number of ether oxygens (including phenoxy) is 1. The third-order valence-corrected chi connectivity index (χ3v) is 3.88. The highest BCUT2D eigenvalue weighted by atomic mass is 35.5. The van der Waals surface area contributed by atoms with Gasteiger partial charge in [0.05, 0.1) is 6.10 Å². The van der Waals surface area contributed by atoms with E-state index in [2.05, 4.69) is 6.92 Å². The molecule has 2 rings (SSSR count). The van der Waals surface area contributed by atoms with Crippen LogP contribution < -0.4 is 10.5 Å². The molecule has 2 N–H and O–H groups in total. The van der Waals surface area contributed by atoms with E-state index >= 15 is 0 Å². The van der Waals surface area contributed by atoms with Crippen LogP contribution >= 0.6 is 11.6 Å². The summed E-state index contributed by atoms with van der Waals surface area (Å²) in [5.74, 6) is 1.66. The molecule has 1 fully saturated rings. The molecular weight excluding hydrogens is 246 g/mol. The van der Waals surface area contributed by atoms with Gasteiger partial charge < -0.3 is 10.5 Å². The number of halogens is 1. The van der Waals surface area contributed by atoms with E-state index in [0.29, 0.717) is 11.1 Å². The van der Waals surface area contributed by atoms with Gasteiger partial charge in [-0.05, 0) is 50.3 Å². The van der Waals surface area contributed by atoms with Crippen LogP contribution in [0.2, 0.25) is 5.02 Å². The van der Waals surface area contributed by atoms with Gasteiger partial charge in [0.15, 0.2) is 0 Å². The van der Waals surface area contributed by atoms with Crippen molar-refractivity contribution in [2.24, 2.45) is 11.7 Å². The molecule has 2 unspecified atom stereocenters. The third-order valence-electron chi connectivity index (χ3n) is 3.64. The van der Waals surface area contributed by atoms with Crippen LogP contribution in [0.15, 0.2) is 18.2 Å². The fourth-order valence-electron chi connectivity index (χ4n) is 2.65. The van der Waals surface area contributed by atoms with Crippen molar-refractivity contribution >= 4 is 11.6 Å². The summed E-state index contributed by atoms with van der Waals surface area (Å²) < 4.78 is 6.13. The van der Waals surface area contributed by atoms with Gasteiger partial charge in [0.25, 0.3) is 0 Å². The zero-order chi connectivity index (χ0) is 13.1. The molecule has 1 aromatic rings. The molecule has 1 saturated carbocycles. The molecule has 0 amide bonds. The summed E-state index contributed by atoms with van der Waals surface area (Å²) in [4.78, 5) is 0. The maximum Gasteiger partial charge on any atom is 0.124 e. The predicted octanol–water partition coefficient (Wildman–Crippen LogP) is 4.32. The first kappa shape index (κ1) is 13.7. The van der Waals surface area contributed by atoms with Crippen molar-refractivity contribution < 1.29 is 4.74 Å². The lowest BCUT2D eigenvalue weighted by atomic mass is 9.88. The minimum atomic E-state index is -0.0558. The van der Waals surface area contributed by atoms with Gasteiger partial charge in [-0.1, -0.05) is 24.9 Å². The molecule has 0 bridgehead atoms. The summed E-state index contributed by atoms with van der Waals surface area (Å²) in [5.41, 5.74) is 6.98. The van der Waals surface area contributed by atoms with Crippen LogP contribution in [-0.2, 0) is 0 Å². The Morgan fingerprint density at radius 1 is 1.39 bits per heavy atom. The molecule has 0 radical (unpaired) electrons. The summed E-state index contributed by atoms with van der Waals surface area (Å²) in [6.45, 7) is 4.26. The maximum absolute atomic E-state index is 6.13. The van der Waals surface area contributed by atoms with Crippen molar-refractivity contribution in [2.45, 2.75) is 51.7 Å². The topological polar surface area (TPSA) is 35.2 Å². The number of hydrogen-bond acceptors (Lipinski definition) is 2. The van der Waals surface area contributed by atoms with E-state index in [1.807, 2.05) is 25.1 Å². The van der Waals surface area contributed by atoms with Crippen molar-refractivity contribution in [2.75, 3.05) is 0 Å². The Labute approximate surface area is 114 Å². The molecule has 0 spiro atoms. The van der Waals surface area contributed by atoms with Crippen LogP contribution in [0.5, 0.6) is 5.75 Å². The van der Waals surface area contributed by atoms with Gasteiger partial charge in [-0.15, -0.1) is 0 Å². The SMILES string of the molecule is CC1CCCC(Oc2ccc(Cl)cc2[C@H](C)N)C1. The number of hydrogen-bond donors (Lipinski definition) is 1. The molecule has 0 saturated heterocycles. The maximum atomic E-state index is 6.13. The first-order valence-electron chi connectivity index (χ1n) is 6.78. The van der Waals surface area contributed by atoms with E-state index in [9.17, 15) is 0 Å². The Kier molecular flexibility index (Phi) is 4.52. The van der Waals surface area contributed by atoms with Gasteiger partial charge in [0, 0.05) is 16.6 Å². The van der Waals surface area contributed by atoms with Crippen molar-refractivity contribution in [1.82, 2.24) is 0 Å². The highest BCUT2D eigenvalue weighted by Gasteiger charge is 2.21. The molecule has 0 aliphatic heterocycles. The van der Waals surface area contributed by atoms with E-state index in [-0.39, 0.29) is 6.04 Å². The molecular formula is C15H22ClNO. The molecule has 0 heterocycles. The summed E-state index contributed by atoms with van der Waals surface area (Å²) in [7, 11) is 0. The van der Waals surface area contributed by atoms with Gasteiger partial charge in [-0.2, -0.15) is 0 Å². The summed E-state index contributed by atoms with van der Waals surface area (Å²) in [5, 5.41) is 0.715. The van der Waals surface area contributed by atoms with Gasteiger partial charge in [-0.25, -0.2) is 0 Å². The average Bonchev–Trinajstić information content (AvgIpc) is 2.31. The summed E-state index contributed by atoms with van der Waals surface area (Å²) >= 11 is 6.02. The molecule has 1 aromatic carbocycles. The molecule has 2 nitrogen and oxygen atoms in total. The van der Waals surface area contributed by atoms with E-state index in [1.54, 1.807) is 0 Å². The van der Waals surface area contributed by atoms with Gasteiger partial charge in [0.1, 0.15) is 5.75 Å². The number of benzene rings is 1. The Balaban J connectivity index is 2.12. The molecule has 100 valence electrons. The van der Waals surface area contributed by atoms with Crippen molar-refractivity contribution in [3.63, 3.8) is 0 Å². The van der Waals surface area contributed by atoms with E-state index in [4.69, 9.17) is 22.1 Å². The highest BCUT2D eigenvalue weighted by Crippen LogP contribution is 2.32. The van der Waals surface area contributed by atoms with E-state index in [1.165, 1.54) is 12.8 Å². The Morgan fingerprint density at radius 2 is 2.17 bits per heavy atom. The summed E-state index contributed by atoms with van der Waals surface area (Å²) in [6.07, 6.45) is 5.19. The van der Waals surface area contributed by atoms with Crippen molar-refractivity contribution in [3.8, 4) is 5.75 Å². The van der Waals surface area contributed by atoms with E-state index < -0.39 is 0 Å². The van der Waals surface area contributed by atoms with Crippen LogP contribution in [0.25, 0.3) is 0 Å². The second-order valence-electron chi connectivity index (χ2n) is 5.48. The van der Waals surface area contributed by atoms with Gasteiger partial charge in [-0.3, -0.25) is 0 Å². The van der Waals surface area contributed by atoms with Crippen LogP contribution in [-0.4, -0.2) is 6.10 Å². The zero-order valence-electron chi connectivity index (χ0n) is 11.2. The van der Waals surface area contributed by atoms with Gasteiger partial charge in [0.2, 0.25) is 0 Å². The number of nitrogens with two attached hydrogens (primary N) is 1. The molecule has 3 atom stereocenters. The Bertz CT molecular complexity index is 405. The monoisotopic (exact) mass is 267 g/mol. The Hall–Kier alpha value is -0.730. The third kappa shape index (κ3) is 3.39. The van der Waals surface area contributed by atoms with Crippen LogP contribution in [0.3, 0.4) is 0 Å². The largest absolute Gasteiger partial charge is 0.490 e. The standard InChI is InChI=1S/C15H22ClNO/c1-10-4-3-5-13(8-10)18-15-7-6-12(16)9-14(15)11(2)17/h6-7,9-11,13H,3-5,8,17H2,1-2H3/t10?,11-,13?/m0/s1. The minimum absolute atomic E-state index is 0.0558. The molecule has 18 heavy (non-hydrogen) atoms. The first-order chi connectivity index (χ1) is 8.56. The molecule has 3 heteroatoms. The normalized spacial score (nSPS) is 25.8. The average molecular weight is 268 g/mol. The van der Waals surface area contributed by atoms with Crippen molar-refractivity contribution in [1.29, 1.82) is 0 Å². The predicted molar refractivity (Wildman–Crippen MR) is 76.1 cm³/mol. The van der Waals surface area contributed by atoms with Crippen LogP contribution in [0.4, 0.5) is 0 Å². The fraction of sp³-hybridized carbons (Fsp3) is 0.600. The molecule has 1 aliphatic rings. The summed E-state index contributed by atoms with van der Waals surface area (Å²) in [6, 6.07) is 5.67. The van der Waals surface area contributed by atoms with Crippen LogP contribution in [0, 0.1) is 5.92 Å². The van der Waals surface area contributed by atoms with Crippen molar-refractivity contribution in [3.05, 3.63) is 28.8 Å². The van der Waals surface area contributed by atoms with E-state index in [0.717, 1.165) is 30.1 Å². The lowest BCUT2D eigenvalue weighted by Gasteiger charge is -2.28.